The molecule has 0 radical (unpaired) electrons. The second-order valence-electron chi connectivity index (χ2n) is 4.02. The van der Waals surface area contributed by atoms with Crippen LogP contribution in [0.2, 0.25) is 0 Å². The Hall–Kier alpha value is -0.860. The van der Waals surface area contributed by atoms with Crippen molar-refractivity contribution in [2.24, 2.45) is 5.92 Å². The van der Waals surface area contributed by atoms with E-state index >= 15 is 0 Å². The standard InChI is InChI=1S/C12H16O2/c13-11-8-4-7-10(11)12(14)9-5-2-1-3-6-9/h1-3,5-6,10-14H,4,7-8H2/t10-,11+,12-/m1/s1. The fourth-order valence-corrected chi connectivity index (χ4v) is 2.23. The SMILES string of the molecule is O[C@H](c1ccccc1)[C@@H]1CCC[C@@H]1O. The maximum absolute atomic E-state index is 10.0. The minimum atomic E-state index is -0.506. The van der Waals surface area contributed by atoms with Gasteiger partial charge in [-0.1, -0.05) is 36.8 Å². The molecule has 1 aromatic carbocycles. The first-order valence-corrected chi connectivity index (χ1v) is 5.20. The third-order valence-corrected chi connectivity index (χ3v) is 3.08. The van der Waals surface area contributed by atoms with Gasteiger partial charge in [0.15, 0.2) is 0 Å². The summed E-state index contributed by atoms with van der Waals surface area (Å²) in [7, 11) is 0. The normalized spacial score (nSPS) is 29.0. The van der Waals surface area contributed by atoms with Gasteiger partial charge < -0.3 is 10.2 Å². The van der Waals surface area contributed by atoms with E-state index < -0.39 is 6.10 Å². The van der Waals surface area contributed by atoms with E-state index in [0.717, 1.165) is 24.8 Å². The summed E-state index contributed by atoms with van der Waals surface area (Å²) < 4.78 is 0. The van der Waals surface area contributed by atoms with Crippen LogP contribution in [0.5, 0.6) is 0 Å². The molecular weight excluding hydrogens is 176 g/mol. The molecule has 1 aromatic rings. The number of hydrogen-bond donors (Lipinski definition) is 2. The quantitative estimate of drug-likeness (QED) is 0.751. The summed E-state index contributed by atoms with van der Waals surface area (Å²) in [5, 5.41) is 19.7. The average molecular weight is 192 g/mol. The Morgan fingerprint density at radius 2 is 1.86 bits per heavy atom. The maximum atomic E-state index is 10.0. The van der Waals surface area contributed by atoms with Gasteiger partial charge in [-0.15, -0.1) is 0 Å². The molecule has 0 bridgehead atoms. The van der Waals surface area contributed by atoms with E-state index in [9.17, 15) is 10.2 Å². The molecule has 14 heavy (non-hydrogen) atoms. The van der Waals surface area contributed by atoms with Gasteiger partial charge >= 0.3 is 0 Å². The lowest BCUT2D eigenvalue weighted by atomic mass is 9.93. The number of rotatable bonds is 2. The fourth-order valence-electron chi connectivity index (χ4n) is 2.23. The second-order valence-corrected chi connectivity index (χ2v) is 4.02. The van der Waals surface area contributed by atoms with Crippen LogP contribution >= 0.6 is 0 Å². The van der Waals surface area contributed by atoms with Crippen LogP contribution in [0.3, 0.4) is 0 Å². The van der Waals surface area contributed by atoms with E-state index in [1.54, 1.807) is 0 Å². The third-order valence-electron chi connectivity index (χ3n) is 3.08. The van der Waals surface area contributed by atoms with Crippen LogP contribution in [0.15, 0.2) is 30.3 Å². The maximum Gasteiger partial charge on any atom is 0.0842 e. The van der Waals surface area contributed by atoms with Crippen LogP contribution in [0, 0.1) is 5.92 Å². The number of benzene rings is 1. The average Bonchev–Trinajstić information content (AvgIpc) is 2.65. The molecule has 0 aliphatic heterocycles. The molecule has 2 N–H and O–H groups in total. The molecule has 0 heterocycles. The zero-order chi connectivity index (χ0) is 9.97. The fraction of sp³-hybridized carbons (Fsp3) is 0.500. The molecule has 0 saturated heterocycles. The van der Waals surface area contributed by atoms with Gasteiger partial charge in [0.1, 0.15) is 0 Å². The molecular formula is C12H16O2. The third kappa shape index (κ3) is 1.81. The van der Waals surface area contributed by atoms with Crippen molar-refractivity contribution in [3.63, 3.8) is 0 Å². The Morgan fingerprint density at radius 1 is 1.14 bits per heavy atom. The highest BCUT2D eigenvalue weighted by molar-refractivity contribution is 5.18. The number of hydrogen-bond acceptors (Lipinski definition) is 2. The molecule has 0 unspecified atom stereocenters. The van der Waals surface area contributed by atoms with Crippen LogP contribution in [0.1, 0.15) is 30.9 Å². The van der Waals surface area contributed by atoms with Crippen LogP contribution in [-0.2, 0) is 0 Å². The van der Waals surface area contributed by atoms with Gasteiger partial charge in [0, 0.05) is 5.92 Å². The second kappa shape index (κ2) is 4.11. The van der Waals surface area contributed by atoms with Crippen LogP contribution < -0.4 is 0 Å². The summed E-state index contributed by atoms with van der Waals surface area (Å²) in [5.74, 6) is 0.0254. The van der Waals surface area contributed by atoms with E-state index in [2.05, 4.69) is 0 Å². The molecule has 2 nitrogen and oxygen atoms in total. The first-order chi connectivity index (χ1) is 6.79. The van der Waals surface area contributed by atoms with Gasteiger partial charge in [-0.3, -0.25) is 0 Å². The van der Waals surface area contributed by atoms with Crippen molar-refractivity contribution in [1.29, 1.82) is 0 Å². The first kappa shape index (κ1) is 9.69. The van der Waals surface area contributed by atoms with Crippen molar-refractivity contribution in [2.45, 2.75) is 31.5 Å². The van der Waals surface area contributed by atoms with Crippen molar-refractivity contribution in [3.05, 3.63) is 35.9 Å². The zero-order valence-corrected chi connectivity index (χ0v) is 8.13. The Bertz CT molecular complexity index is 284. The summed E-state index contributed by atoms with van der Waals surface area (Å²) in [5.41, 5.74) is 0.915. The summed E-state index contributed by atoms with van der Waals surface area (Å²) in [6, 6.07) is 9.59. The molecule has 76 valence electrons. The Balaban J connectivity index is 2.12. The molecule has 1 aliphatic rings. The van der Waals surface area contributed by atoms with Crippen molar-refractivity contribution >= 4 is 0 Å². The van der Waals surface area contributed by atoms with Crippen LogP contribution in [0.25, 0.3) is 0 Å². The summed E-state index contributed by atoms with van der Waals surface area (Å²) >= 11 is 0. The van der Waals surface area contributed by atoms with Gasteiger partial charge in [-0.2, -0.15) is 0 Å². The van der Waals surface area contributed by atoms with Crippen LogP contribution in [0.4, 0.5) is 0 Å². The highest BCUT2D eigenvalue weighted by Gasteiger charge is 2.31. The molecule has 0 amide bonds. The number of aliphatic hydroxyl groups excluding tert-OH is 2. The highest BCUT2D eigenvalue weighted by Crippen LogP contribution is 2.35. The molecule has 0 aromatic heterocycles. The predicted molar refractivity (Wildman–Crippen MR) is 54.7 cm³/mol. The van der Waals surface area contributed by atoms with E-state index in [-0.39, 0.29) is 12.0 Å². The van der Waals surface area contributed by atoms with Crippen molar-refractivity contribution in [1.82, 2.24) is 0 Å². The predicted octanol–water partition coefficient (Wildman–Crippen LogP) is 1.88. The Morgan fingerprint density at radius 3 is 2.43 bits per heavy atom. The van der Waals surface area contributed by atoms with Crippen molar-refractivity contribution < 1.29 is 10.2 Å². The number of aliphatic hydroxyl groups is 2. The smallest absolute Gasteiger partial charge is 0.0842 e. The van der Waals surface area contributed by atoms with Crippen molar-refractivity contribution in [2.75, 3.05) is 0 Å². The molecule has 1 saturated carbocycles. The van der Waals surface area contributed by atoms with Gasteiger partial charge in [0.05, 0.1) is 12.2 Å². The molecule has 2 heteroatoms. The van der Waals surface area contributed by atoms with E-state index in [1.807, 2.05) is 30.3 Å². The lowest BCUT2D eigenvalue weighted by Crippen LogP contribution is -2.20. The Kier molecular flexibility index (Phi) is 2.85. The minimum absolute atomic E-state index is 0.0254. The highest BCUT2D eigenvalue weighted by atomic mass is 16.3. The monoisotopic (exact) mass is 192 g/mol. The van der Waals surface area contributed by atoms with Gasteiger partial charge in [0.2, 0.25) is 0 Å². The summed E-state index contributed by atoms with van der Waals surface area (Å²) in [6.07, 6.45) is 1.94. The molecule has 2 rings (SSSR count). The van der Waals surface area contributed by atoms with E-state index in [4.69, 9.17) is 0 Å². The van der Waals surface area contributed by atoms with Crippen molar-refractivity contribution in [3.8, 4) is 0 Å². The first-order valence-electron chi connectivity index (χ1n) is 5.20. The molecule has 1 aliphatic carbocycles. The van der Waals surface area contributed by atoms with Gasteiger partial charge in [0.25, 0.3) is 0 Å². The van der Waals surface area contributed by atoms with Crippen LogP contribution in [-0.4, -0.2) is 16.3 Å². The van der Waals surface area contributed by atoms with E-state index in [0.29, 0.717) is 0 Å². The Labute approximate surface area is 84.2 Å². The summed E-state index contributed by atoms with van der Waals surface area (Å²) in [6.45, 7) is 0. The largest absolute Gasteiger partial charge is 0.393 e. The molecule has 1 fully saturated rings. The lowest BCUT2D eigenvalue weighted by Gasteiger charge is -2.21. The van der Waals surface area contributed by atoms with Gasteiger partial charge in [-0.25, -0.2) is 0 Å². The topological polar surface area (TPSA) is 40.5 Å². The molecule has 0 spiro atoms. The van der Waals surface area contributed by atoms with Gasteiger partial charge in [-0.05, 0) is 18.4 Å². The lowest BCUT2D eigenvalue weighted by molar-refractivity contribution is 0.0307. The zero-order valence-electron chi connectivity index (χ0n) is 8.13. The molecule has 3 atom stereocenters. The summed E-state index contributed by atoms with van der Waals surface area (Å²) in [4.78, 5) is 0. The minimum Gasteiger partial charge on any atom is -0.393 e. The van der Waals surface area contributed by atoms with E-state index in [1.165, 1.54) is 0 Å².